The molecule has 0 heterocycles. The second-order valence-corrected chi connectivity index (χ2v) is 6.33. The van der Waals surface area contributed by atoms with Crippen LogP contribution in [0, 0.1) is 0 Å². The summed E-state index contributed by atoms with van der Waals surface area (Å²) in [4.78, 5) is 12.1. The number of aliphatic hydroxyl groups is 1. The predicted octanol–water partition coefficient (Wildman–Crippen LogP) is 2.65. The number of nitrogens with one attached hydrogen (secondary N) is 2. The standard InChI is InChI=1S/C20H24N2O3/c1-25-13-17(23)12-21-20(24)22-19-10-9-15-7-8-16(11-18(15)19)14-5-3-2-4-6-14/h2-8,11,17,19,23H,9-10,12-13H2,1H3,(H2,21,22,24)/t17-,19-/m1/s1. The van der Waals surface area contributed by atoms with Crippen LogP contribution in [0.5, 0.6) is 0 Å². The SMILES string of the molecule is COC[C@H](O)CNC(=O)N[C@@H]1CCc2ccc(-c3ccccc3)cc21. The van der Waals surface area contributed by atoms with E-state index in [0.717, 1.165) is 18.4 Å². The van der Waals surface area contributed by atoms with Crippen LogP contribution < -0.4 is 10.6 Å². The fraction of sp³-hybridized carbons (Fsp3) is 0.350. The molecular formula is C20H24N2O3. The van der Waals surface area contributed by atoms with Crippen molar-refractivity contribution >= 4 is 6.03 Å². The maximum atomic E-state index is 12.1. The first-order chi connectivity index (χ1) is 12.2. The molecule has 0 aromatic heterocycles. The minimum absolute atomic E-state index is 0.00164. The van der Waals surface area contributed by atoms with E-state index in [1.165, 1.54) is 23.8 Å². The minimum Gasteiger partial charge on any atom is -0.389 e. The molecular weight excluding hydrogens is 316 g/mol. The number of aliphatic hydroxyl groups excluding tert-OH is 1. The minimum atomic E-state index is -0.698. The Bertz CT molecular complexity index is 718. The van der Waals surface area contributed by atoms with Crippen LogP contribution in [0.25, 0.3) is 11.1 Å². The first-order valence-corrected chi connectivity index (χ1v) is 8.57. The number of rotatable bonds is 6. The molecule has 5 heteroatoms. The second kappa shape index (κ2) is 8.14. The zero-order valence-electron chi connectivity index (χ0n) is 14.4. The van der Waals surface area contributed by atoms with Gasteiger partial charge in [-0.15, -0.1) is 0 Å². The molecule has 132 valence electrons. The van der Waals surface area contributed by atoms with Crippen LogP contribution in [0.4, 0.5) is 4.79 Å². The Balaban J connectivity index is 1.66. The molecule has 2 amide bonds. The van der Waals surface area contributed by atoms with Gasteiger partial charge >= 0.3 is 6.03 Å². The Morgan fingerprint density at radius 1 is 1.24 bits per heavy atom. The highest BCUT2D eigenvalue weighted by molar-refractivity contribution is 5.75. The fourth-order valence-electron chi connectivity index (χ4n) is 3.23. The number of carbonyl (C=O) groups excluding carboxylic acids is 1. The van der Waals surface area contributed by atoms with Gasteiger partial charge in [0.1, 0.15) is 0 Å². The van der Waals surface area contributed by atoms with Crippen LogP contribution in [-0.4, -0.2) is 37.5 Å². The molecule has 1 aliphatic carbocycles. The highest BCUT2D eigenvalue weighted by Gasteiger charge is 2.24. The Morgan fingerprint density at radius 3 is 2.80 bits per heavy atom. The summed E-state index contributed by atoms with van der Waals surface area (Å²) < 4.78 is 4.85. The summed E-state index contributed by atoms with van der Waals surface area (Å²) in [6.45, 7) is 0.371. The highest BCUT2D eigenvalue weighted by atomic mass is 16.5. The van der Waals surface area contributed by atoms with Gasteiger partial charge in [0.2, 0.25) is 0 Å². The normalized spacial score (nSPS) is 17.0. The summed E-state index contributed by atoms with van der Waals surface area (Å²) in [6, 6.07) is 16.4. The van der Waals surface area contributed by atoms with E-state index in [-0.39, 0.29) is 25.2 Å². The molecule has 0 spiro atoms. The highest BCUT2D eigenvalue weighted by Crippen LogP contribution is 2.34. The number of aryl methyl sites for hydroxylation is 1. The largest absolute Gasteiger partial charge is 0.389 e. The predicted molar refractivity (Wildman–Crippen MR) is 97.4 cm³/mol. The van der Waals surface area contributed by atoms with Crippen LogP contribution >= 0.6 is 0 Å². The van der Waals surface area contributed by atoms with Crippen molar-refractivity contribution in [2.24, 2.45) is 0 Å². The van der Waals surface area contributed by atoms with Crippen molar-refractivity contribution in [3.8, 4) is 11.1 Å². The molecule has 0 fully saturated rings. The van der Waals surface area contributed by atoms with E-state index in [4.69, 9.17) is 4.74 Å². The quantitative estimate of drug-likeness (QED) is 0.757. The van der Waals surface area contributed by atoms with Gasteiger partial charge in [0.05, 0.1) is 18.8 Å². The molecule has 2 aromatic carbocycles. The van der Waals surface area contributed by atoms with E-state index >= 15 is 0 Å². The van der Waals surface area contributed by atoms with E-state index in [9.17, 15) is 9.90 Å². The van der Waals surface area contributed by atoms with Crippen molar-refractivity contribution in [2.75, 3.05) is 20.3 Å². The second-order valence-electron chi connectivity index (χ2n) is 6.33. The Hall–Kier alpha value is -2.37. The Kier molecular flexibility index (Phi) is 5.68. The van der Waals surface area contributed by atoms with Gasteiger partial charge in [-0.1, -0.05) is 42.5 Å². The topological polar surface area (TPSA) is 70.6 Å². The van der Waals surface area contributed by atoms with E-state index < -0.39 is 6.10 Å². The number of fused-ring (bicyclic) bond motifs is 1. The maximum absolute atomic E-state index is 12.1. The molecule has 3 rings (SSSR count). The first-order valence-electron chi connectivity index (χ1n) is 8.57. The summed E-state index contributed by atoms with van der Waals surface area (Å²) >= 11 is 0. The number of amides is 2. The smallest absolute Gasteiger partial charge is 0.315 e. The third-order valence-corrected chi connectivity index (χ3v) is 4.49. The molecule has 0 saturated carbocycles. The lowest BCUT2D eigenvalue weighted by molar-refractivity contribution is 0.0659. The molecule has 0 saturated heterocycles. The maximum Gasteiger partial charge on any atom is 0.315 e. The number of carbonyl (C=O) groups is 1. The van der Waals surface area contributed by atoms with Crippen molar-refractivity contribution in [1.29, 1.82) is 0 Å². The van der Waals surface area contributed by atoms with Gasteiger partial charge in [0.15, 0.2) is 0 Å². The third kappa shape index (κ3) is 4.38. The van der Waals surface area contributed by atoms with Crippen molar-refractivity contribution in [3.05, 3.63) is 59.7 Å². The van der Waals surface area contributed by atoms with Crippen molar-refractivity contribution in [3.63, 3.8) is 0 Å². The van der Waals surface area contributed by atoms with Gasteiger partial charge in [-0.2, -0.15) is 0 Å². The fourth-order valence-corrected chi connectivity index (χ4v) is 3.23. The number of methoxy groups -OCH3 is 1. The summed E-state index contributed by atoms with van der Waals surface area (Å²) in [7, 11) is 1.52. The summed E-state index contributed by atoms with van der Waals surface area (Å²) in [5, 5.41) is 15.3. The number of urea groups is 1. The van der Waals surface area contributed by atoms with Crippen LogP contribution in [0.1, 0.15) is 23.6 Å². The summed E-state index contributed by atoms with van der Waals surface area (Å²) in [5.41, 5.74) is 4.78. The van der Waals surface area contributed by atoms with Gasteiger partial charge in [-0.3, -0.25) is 0 Å². The van der Waals surface area contributed by atoms with Crippen LogP contribution in [0.15, 0.2) is 48.5 Å². The van der Waals surface area contributed by atoms with Gasteiger partial charge in [-0.05, 0) is 41.2 Å². The Morgan fingerprint density at radius 2 is 2.04 bits per heavy atom. The van der Waals surface area contributed by atoms with Gasteiger partial charge in [-0.25, -0.2) is 4.79 Å². The molecule has 2 aromatic rings. The average molecular weight is 340 g/mol. The number of ether oxygens (including phenoxy) is 1. The average Bonchev–Trinajstić information content (AvgIpc) is 3.03. The lowest BCUT2D eigenvalue weighted by atomic mass is 9.99. The molecule has 25 heavy (non-hydrogen) atoms. The molecule has 0 unspecified atom stereocenters. The van der Waals surface area contributed by atoms with Crippen LogP contribution in [0.2, 0.25) is 0 Å². The molecule has 3 N–H and O–H groups in total. The molecule has 0 bridgehead atoms. The van der Waals surface area contributed by atoms with E-state index in [1.54, 1.807) is 0 Å². The zero-order valence-corrected chi connectivity index (χ0v) is 14.4. The molecule has 0 aliphatic heterocycles. The van der Waals surface area contributed by atoms with Gasteiger partial charge in [0.25, 0.3) is 0 Å². The van der Waals surface area contributed by atoms with Gasteiger partial charge < -0.3 is 20.5 Å². The number of hydrogen-bond donors (Lipinski definition) is 3. The van der Waals surface area contributed by atoms with E-state index in [2.05, 4.69) is 41.0 Å². The lowest BCUT2D eigenvalue weighted by Crippen LogP contribution is -2.41. The van der Waals surface area contributed by atoms with Crippen molar-refractivity contribution < 1.29 is 14.6 Å². The number of benzene rings is 2. The molecule has 0 radical (unpaired) electrons. The Labute approximate surface area is 148 Å². The van der Waals surface area contributed by atoms with Gasteiger partial charge in [0, 0.05) is 13.7 Å². The first kappa shape index (κ1) is 17.5. The lowest BCUT2D eigenvalue weighted by Gasteiger charge is -2.17. The molecule has 5 nitrogen and oxygen atoms in total. The molecule has 2 atom stereocenters. The summed E-state index contributed by atoms with van der Waals surface area (Å²) in [6.07, 6.45) is 1.15. The number of hydrogen-bond acceptors (Lipinski definition) is 3. The monoisotopic (exact) mass is 340 g/mol. The zero-order chi connectivity index (χ0) is 17.6. The van der Waals surface area contributed by atoms with Crippen LogP contribution in [-0.2, 0) is 11.2 Å². The van der Waals surface area contributed by atoms with Crippen molar-refractivity contribution in [1.82, 2.24) is 10.6 Å². The van der Waals surface area contributed by atoms with E-state index in [1.807, 2.05) is 18.2 Å². The molecule has 1 aliphatic rings. The van der Waals surface area contributed by atoms with Crippen LogP contribution in [0.3, 0.4) is 0 Å². The third-order valence-electron chi connectivity index (χ3n) is 4.49. The van der Waals surface area contributed by atoms with E-state index in [0.29, 0.717) is 0 Å². The van der Waals surface area contributed by atoms with Crippen molar-refractivity contribution in [2.45, 2.75) is 25.0 Å². The summed E-state index contributed by atoms with van der Waals surface area (Å²) in [5.74, 6) is 0.